The molecule has 0 spiro atoms. The number of aryl methyl sites for hydroxylation is 1. The van der Waals surface area contributed by atoms with Crippen LogP contribution in [0, 0.1) is 6.92 Å². The summed E-state index contributed by atoms with van der Waals surface area (Å²) in [7, 11) is 1.57. The number of hydrogen-bond acceptors (Lipinski definition) is 7. The van der Waals surface area contributed by atoms with E-state index in [2.05, 4.69) is 9.88 Å². The fourth-order valence-corrected chi connectivity index (χ4v) is 4.21. The maximum Gasteiger partial charge on any atom is 0.295 e. The molecule has 1 aromatic heterocycles. The van der Waals surface area contributed by atoms with E-state index >= 15 is 0 Å². The number of benzene rings is 1. The summed E-state index contributed by atoms with van der Waals surface area (Å²) in [5.41, 5.74) is 1.86. The zero-order valence-corrected chi connectivity index (χ0v) is 18.3. The molecule has 32 heavy (non-hydrogen) atoms. The molecular formula is C24H27N3O5. The van der Waals surface area contributed by atoms with E-state index in [-0.39, 0.29) is 11.3 Å². The zero-order chi connectivity index (χ0) is 22.7. The van der Waals surface area contributed by atoms with Gasteiger partial charge in [0.1, 0.15) is 17.6 Å². The van der Waals surface area contributed by atoms with Gasteiger partial charge in [0.15, 0.2) is 0 Å². The van der Waals surface area contributed by atoms with Gasteiger partial charge in [0.05, 0.1) is 31.6 Å². The quantitative estimate of drug-likeness (QED) is 0.421. The Morgan fingerprint density at radius 3 is 2.62 bits per heavy atom. The second-order valence-corrected chi connectivity index (χ2v) is 7.89. The van der Waals surface area contributed by atoms with E-state index in [4.69, 9.17) is 9.47 Å². The molecule has 1 aromatic carbocycles. The number of methoxy groups -OCH3 is 1. The van der Waals surface area contributed by atoms with Gasteiger partial charge in [-0.25, -0.2) is 0 Å². The Hall–Kier alpha value is -3.23. The van der Waals surface area contributed by atoms with Crippen LogP contribution >= 0.6 is 0 Å². The van der Waals surface area contributed by atoms with Crippen molar-refractivity contribution in [2.24, 2.45) is 0 Å². The summed E-state index contributed by atoms with van der Waals surface area (Å²) in [6.45, 7) is 5.68. The number of amides is 1. The molecule has 1 N–H and O–H groups in total. The second-order valence-electron chi connectivity index (χ2n) is 7.89. The molecule has 2 aliphatic rings. The molecule has 168 valence electrons. The summed E-state index contributed by atoms with van der Waals surface area (Å²) in [5.74, 6) is -0.860. The molecule has 3 heterocycles. The number of hydrogen-bond donors (Lipinski definition) is 1. The number of ketones is 1. The first-order valence-corrected chi connectivity index (χ1v) is 10.7. The highest BCUT2D eigenvalue weighted by Crippen LogP contribution is 2.38. The number of morpholine rings is 1. The fraction of sp³-hybridized carbons (Fsp3) is 0.375. The van der Waals surface area contributed by atoms with E-state index in [9.17, 15) is 14.7 Å². The van der Waals surface area contributed by atoms with Crippen molar-refractivity contribution in [3.63, 3.8) is 0 Å². The van der Waals surface area contributed by atoms with E-state index in [0.717, 1.165) is 18.7 Å². The molecule has 0 saturated carbocycles. The Bertz CT molecular complexity index is 1030. The van der Waals surface area contributed by atoms with Crippen LogP contribution in [0.25, 0.3) is 5.76 Å². The monoisotopic (exact) mass is 437 g/mol. The van der Waals surface area contributed by atoms with Crippen LogP contribution in [0.1, 0.15) is 22.9 Å². The van der Waals surface area contributed by atoms with Crippen molar-refractivity contribution in [1.82, 2.24) is 14.8 Å². The van der Waals surface area contributed by atoms with Gasteiger partial charge >= 0.3 is 0 Å². The zero-order valence-electron chi connectivity index (χ0n) is 18.3. The van der Waals surface area contributed by atoms with Gasteiger partial charge in [-0.2, -0.15) is 0 Å². The fourth-order valence-electron chi connectivity index (χ4n) is 4.21. The highest BCUT2D eigenvalue weighted by atomic mass is 16.5. The van der Waals surface area contributed by atoms with Crippen molar-refractivity contribution in [3.05, 3.63) is 65.0 Å². The summed E-state index contributed by atoms with van der Waals surface area (Å²) in [4.78, 5) is 34.2. The number of Topliss-reactive ketones (excluding diaryl/α,β-unsaturated/α-hetero) is 1. The first-order chi connectivity index (χ1) is 15.5. The first-order valence-electron chi connectivity index (χ1n) is 10.7. The molecule has 8 nitrogen and oxygen atoms in total. The lowest BCUT2D eigenvalue weighted by Gasteiger charge is -2.30. The SMILES string of the molecule is COc1ccc(/C(O)=C2\C(=O)C(=O)N(CCN3CCOCC3)[C@H]2c2ccccn2)cc1C. The summed E-state index contributed by atoms with van der Waals surface area (Å²) >= 11 is 0. The molecule has 0 unspecified atom stereocenters. The van der Waals surface area contributed by atoms with Crippen molar-refractivity contribution in [3.8, 4) is 5.75 Å². The van der Waals surface area contributed by atoms with Crippen LogP contribution < -0.4 is 4.74 Å². The van der Waals surface area contributed by atoms with Crippen LogP contribution in [0.15, 0.2) is 48.2 Å². The number of carbonyl (C=O) groups is 2. The van der Waals surface area contributed by atoms with Crippen LogP contribution in [0.4, 0.5) is 0 Å². The molecule has 1 amide bonds. The molecule has 0 aliphatic carbocycles. The molecule has 4 rings (SSSR count). The molecule has 0 bridgehead atoms. The summed E-state index contributed by atoms with van der Waals surface area (Å²) in [6.07, 6.45) is 1.62. The molecule has 8 heteroatoms. The van der Waals surface area contributed by atoms with Crippen molar-refractivity contribution in [2.45, 2.75) is 13.0 Å². The third kappa shape index (κ3) is 4.24. The normalized spacial score (nSPS) is 21.2. The smallest absolute Gasteiger partial charge is 0.295 e. The average molecular weight is 437 g/mol. The first kappa shape index (κ1) is 22.0. The lowest BCUT2D eigenvalue weighted by molar-refractivity contribution is -0.140. The number of nitrogens with zero attached hydrogens (tertiary/aromatic N) is 3. The summed E-state index contributed by atoms with van der Waals surface area (Å²) in [5, 5.41) is 11.1. The number of carbonyl (C=O) groups excluding carboxylic acids is 2. The van der Waals surface area contributed by atoms with E-state index in [1.807, 2.05) is 13.0 Å². The van der Waals surface area contributed by atoms with E-state index in [0.29, 0.717) is 43.3 Å². The Morgan fingerprint density at radius 2 is 1.97 bits per heavy atom. The van der Waals surface area contributed by atoms with Crippen molar-refractivity contribution in [1.29, 1.82) is 0 Å². The van der Waals surface area contributed by atoms with Gasteiger partial charge in [0, 0.05) is 37.9 Å². The van der Waals surface area contributed by atoms with E-state index in [1.165, 1.54) is 4.90 Å². The van der Waals surface area contributed by atoms with E-state index < -0.39 is 17.7 Å². The molecular weight excluding hydrogens is 410 g/mol. The van der Waals surface area contributed by atoms with Crippen LogP contribution in [0.5, 0.6) is 5.75 Å². The van der Waals surface area contributed by atoms with Crippen molar-refractivity contribution in [2.75, 3.05) is 46.5 Å². The van der Waals surface area contributed by atoms with Gasteiger partial charge < -0.3 is 19.5 Å². The number of likely N-dealkylation sites (tertiary alicyclic amines) is 1. The largest absolute Gasteiger partial charge is 0.507 e. The lowest BCUT2D eigenvalue weighted by Crippen LogP contribution is -2.42. The predicted molar refractivity (Wildman–Crippen MR) is 118 cm³/mol. The molecule has 2 aliphatic heterocycles. The van der Waals surface area contributed by atoms with Gasteiger partial charge in [-0.3, -0.25) is 19.5 Å². The summed E-state index contributed by atoms with van der Waals surface area (Å²) in [6, 6.07) is 9.75. The number of aromatic nitrogens is 1. The highest BCUT2D eigenvalue weighted by Gasteiger charge is 2.46. The Morgan fingerprint density at radius 1 is 1.19 bits per heavy atom. The van der Waals surface area contributed by atoms with E-state index in [1.54, 1.807) is 43.6 Å². The molecule has 2 saturated heterocycles. The van der Waals surface area contributed by atoms with Crippen molar-refractivity contribution >= 4 is 17.4 Å². The second kappa shape index (κ2) is 9.50. The van der Waals surface area contributed by atoms with Crippen molar-refractivity contribution < 1.29 is 24.2 Å². The minimum Gasteiger partial charge on any atom is -0.507 e. The molecule has 0 radical (unpaired) electrons. The number of aliphatic hydroxyl groups is 1. The van der Waals surface area contributed by atoms with Gasteiger partial charge in [0.2, 0.25) is 0 Å². The maximum absolute atomic E-state index is 13.1. The van der Waals surface area contributed by atoms with Crippen LogP contribution in [-0.4, -0.2) is 78.1 Å². The summed E-state index contributed by atoms with van der Waals surface area (Å²) < 4.78 is 10.7. The van der Waals surface area contributed by atoms with Crippen LogP contribution in [0.2, 0.25) is 0 Å². The average Bonchev–Trinajstić information content (AvgIpc) is 3.08. The Labute approximate surface area is 187 Å². The van der Waals surface area contributed by atoms with Crippen LogP contribution in [-0.2, 0) is 14.3 Å². The molecule has 1 atom stereocenters. The Balaban J connectivity index is 1.72. The minimum atomic E-state index is -0.750. The third-order valence-corrected chi connectivity index (χ3v) is 5.94. The topological polar surface area (TPSA) is 92.2 Å². The van der Waals surface area contributed by atoms with Crippen LogP contribution in [0.3, 0.4) is 0 Å². The predicted octanol–water partition coefficient (Wildman–Crippen LogP) is 2.15. The number of rotatable bonds is 6. The maximum atomic E-state index is 13.1. The minimum absolute atomic E-state index is 0.0558. The number of ether oxygens (including phenoxy) is 2. The molecule has 2 aromatic rings. The van der Waals surface area contributed by atoms with Gasteiger partial charge in [0.25, 0.3) is 11.7 Å². The molecule has 2 fully saturated rings. The van der Waals surface area contributed by atoms with Gasteiger partial charge in [-0.05, 0) is 42.8 Å². The number of aliphatic hydroxyl groups excluding tert-OH is 1. The third-order valence-electron chi connectivity index (χ3n) is 5.94. The van der Waals surface area contributed by atoms with Gasteiger partial charge in [-0.1, -0.05) is 6.07 Å². The Kier molecular flexibility index (Phi) is 6.53. The van der Waals surface area contributed by atoms with Gasteiger partial charge in [-0.15, -0.1) is 0 Å². The standard InChI is InChI=1S/C24H27N3O5/c1-16-15-17(6-7-19(16)31-2)22(28)20-21(18-5-3-4-8-25-18)27(24(30)23(20)29)10-9-26-11-13-32-14-12-26/h3-8,15,21,28H,9-14H2,1-2H3/b22-20+/t21-/m0/s1. The lowest BCUT2D eigenvalue weighted by atomic mass is 9.97. The highest BCUT2D eigenvalue weighted by molar-refractivity contribution is 6.46. The number of pyridine rings is 1.